The topological polar surface area (TPSA) is 41.1 Å². The summed E-state index contributed by atoms with van der Waals surface area (Å²) in [6, 6.07) is -0.113. The minimum atomic E-state index is -0.149. The molecule has 2 atom stereocenters. The van der Waals surface area contributed by atoms with Gasteiger partial charge in [-0.15, -0.1) is 0 Å². The van der Waals surface area contributed by atoms with Crippen molar-refractivity contribution >= 4 is 5.91 Å². The van der Waals surface area contributed by atoms with Crippen molar-refractivity contribution in [2.24, 2.45) is 5.92 Å². The minimum absolute atomic E-state index is 0.0748. The predicted molar refractivity (Wildman–Crippen MR) is 64.8 cm³/mol. The maximum absolute atomic E-state index is 11.7. The van der Waals surface area contributed by atoms with Gasteiger partial charge in [0.1, 0.15) is 0 Å². The fourth-order valence-electron chi connectivity index (χ4n) is 1.09. The van der Waals surface area contributed by atoms with Crippen LogP contribution in [0.4, 0.5) is 0 Å². The molecule has 0 radical (unpaired) electrons. The lowest BCUT2D eigenvalue weighted by Crippen LogP contribution is -2.50. The Kier molecular flexibility index (Phi) is 5.88. The van der Waals surface area contributed by atoms with Crippen LogP contribution in [0.2, 0.25) is 0 Å². The van der Waals surface area contributed by atoms with Crippen molar-refractivity contribution in [3.8, 4) is 0 Å². The van der Waals surface area contributed by atoms with E-state index >= 15 is 0 Å². The molecule has 2 N–H and O–H groups in total. The highest BCUT2D eigenvalue weighted by molar-refractivity contribution is 5.81. The highest BCUT2D eigenvalue weighted by Crippen LogP contribution is 2.01. The van der Waals surface area contributed by atoms with Crippen LogP contribution in [0.25, 0.3) is 0 Å². The zero-order valence-electron chi connectivity index (χ0n) is 11.0. The van der Waals surface area contributed by atoms with Gasteiger partial charge in [0.15, 0.2) is 0 Å². The summed E-state index contributed by atoms with van der Waals surface area (Å²) < 4.78 is 0. The van der Waals surface area contributed by atoms with E-state index in [-0.39, 0.29) is 17.5 Å². The fourth-order valence-corrected chi connectivity index (χ4v) is 1.09. The molecule has 0 aromatic carbocycles. The molecule has 0 aliphatic carbocycles. The maximum Gasteiger partial charge on any atom is 0.237 e. The molecule has 0 rings (SSSR count). The van der Waals surface area contributed by atoms with Crippen LogP contribution in [0, 0.1) is 5.92 Å². The third kappa shape index (κ3) is 7.37. The second-order valence-electron chi connectivity index (χ2n) is 5.38. The van der Waals surface area contributed by atoms with Crippen molar-refractivity contribution in [1.82, 2.24) is 10.6 Å². The molecule has 0 saturated heterocycles. The zero-order chi connectivity index (χ0) is 12.1. The van der Waals surface area contributed by atoms with E-state index in [0.717, 1.165) is 13.0 Å². The fraction of sp³-hybridized carbons (Fsp3) is 0.917. The van der Waals surface area contributed by atoms with Crippen LogP contribution >= 0.6 is 0 Å². The molecule has 1 amide bonds. The van der Waals surface area contributed by atoms with Gasteiger partial charge in [0.2, 0.25) is 5.91 Å². The second-order valence-corrected chi connectivity index (χ2v) is 5.38. The third-order valence-corrected chi connectivity index (χ3v) is 2.36. The van der Waals surface area contributed by atoms with Crippen molar-refractivity contribution in [1.29, 1.82) is 0 Å². The van der Waals surface area contributed by atoms with E-state index in [1.807, 2.05) is 27.7 Å². The van der Waals surface area contributed by atoms with Crippen molar-refractivity contribution in [2.45, 2.75) is 59.5 Å². The summed E-state index contributed by atoms with van der Waals surface area (Å²) in [6.07, 6.45) is 1.14. The van der Waals surface area contributed by atoms with Crippen molar-refractivity contribution < 1.29 is 4.79 Å². The van der Waals surface area contributed by atoms with Gasteiger partial charge in [0, 0.05) is 5.54 Å². The Hall–Kier alpha value is -0.570. The normalized spacial score (nSPS) is 15.9. The van der Waals surface area contributed by atoms with Gasteiger partial charge in [-0.1, -0.05) is 20.3 Å². The molecule has 0 aliphatic rings. The third-order valence-electron chi connectivity index (χ3n) is 2.36. The minimum Gasteiger partial charge on any atom is -0.350 e. The number of hydrogen-bond donors (Lipinski definition) is 2. The van der Waals surface area contributed by atoms with Crippen LogP contribution < -0.4 is 10.6 Å². The van der Waals surface area contributed by atoms with E-state index < -0.39 is 0 Å². The van der Waals surface area contributed by atoms with Gasteiger partial charge in [-0.3, -0.25) is 4.79 Å². The van der Waals surface area contributed by atoms with Gasteiger partial charge in [-0.25, -0.2) is 0 Å². The Balaban J connectivity index is 3.90. The van der Waals surface area contributed by atoms with E-state index in [0.29, 0.717) is 5.92 Å². The molecular formula is C12H26N2O. The molecule has 3 heteroatoms. The second kappa shape index (κ2) is 6.11. The first kappa shape index (κ1) is 14.4. The summed E-state index contributed by atoms with van der Waals surface area (Å²) in [5.74, 6) is 0.695. The average Bonchev–Trinajstić information content (AvgIpc) is 2.10. The van der Waals surface area contributed by atoms with Gasteiger partial charge >= 0.3 is 0 Å². The first-order chi connectivity index (χ1) is 6.76. The molecule has 0 aliphatic heterocycles. The predicted octanol–water partition coefficient (Wildman–Crippen LogP) is 1.93. The molecule has 0 aromatic rings. The smallest absolute Gasteiger partial charge is 0.237 e. The number of nitrogens with one attached hydrogen (secondary N) is 2. The lowest BCUT2D eigenvalue weighted by Gasteiger charge is -2.24. The molecule has 0 saturated carbocycles. The highest BCUT2D eigenvalue weighted by Gasteiger charge is 2.18. The van der Waals surface area contributed by atoms with Gasteiger partial charge < -0.3 is 10.6 Å². The Labute approximate surface area is 94.0 Å². The summed E-state index contributed by atoms with van der Waals surface area (Å²) in [5.41, 5.74) is -0.149. The standard InChI is InChI=1S/C12H26N2O/c1-7-9(2)8-13-10(3)11(15)14-12(4,5)6/h9-10,13H,7-8H2,1-6H3,(H,14,15). The van der Waals surface area contributed by atoms with E-state index in [1.54, 1.807) is 0 Å². The lowest BCUT2D eigenvalue weighted by atomic mass is 10.1. The molecule has 15 heavy (non-hydrogen) atoms. The van der Waals surface area contributed by atoms with Crippen LogP contribution in [0.15, 0.2) is 0 Å². The summed E-state index contributed by atoms with van der Waals surface area (Å²) in [7, 11) is 0. The van der Waals surface area contributed by atoms with Crippen LogP contribution in [-0.2, 0) is 4.79 Å². The van der Waals surface area contributed by atoms with Crippen LogP contribution in [-0.4, -0.2) is 24.0 Å². The summed E-state index contributed by atoms with van der Waals surface area (Å²) in [6.45, 7) is 13.1. The van der Waals surface area contributed by atoms with Crippen LogP contribution in [0.5, 0.6) is 0 Å². The molecule has 2 unspecified atom stereocenters. The highest BCUT2D eigenvalue weighted by atomic mass is 16.2. The van der Waals surface area contributed by atoms with E-state index in [2.05, 4.69) is 24.5 Å². The quantitative estimate of drug-likeness (QED) is 0.734. The van der Waals surface area contributed by atoms with Gasteiger partial charge in [-0.05, 0) is 40.2 Å². The zero-order valence-corrected chi connectivity index (χ0v) is 11.0. The first-order valence-corrected chi connectivity index (χ1v) is 5.81. The molecule has 0 aromatic heterocycles. The average molecular weight is 214 g/mol. The SMILES string of the molecule is CCC(C)CNC(C)C(=O)NC(C)(C)C. The molecule has 0 heterocycles. The Bertz CT molecular complexity index is 196. The molecule has 0 fully saturated rings. The van der Waals surface area contributed by atoms with E-state index in [4.69, 9.17) is 0 Å². The largest absolute Gasteiger partial charge is 0.350 e. The maximum atomic E-state index is 11.7. The van der Waals surface area contributed by atoms with Gasteiger partial charge in [0.25, 0.3) is 0 Å². The van der Waals surface area contributed by atoms with Crippen molar-refractivity contribution in [3.05, 3.63) is 0 Å². The first-order valence-electron chi connectivity index (χ1n) is 5.81. The van der Waals surface area contributed by atoms with E-state index in [1.165, 1.54) is 0 Å². The Morgan fingerprint density at radius 1 is 1.27 bits per heavy atom. The summed E-state index contributed by atoms with van der Waals surface area (Å²) in [4.78, 5) is 11.7. The molecule has 0 spiro atoms. The number of carbonyl (C=O) groups is 1. The van der Waals surface area contributed by atoms with Gasteiger partial charge in [0.05, 0.1) is 6.04 Å². The number of carbonyl (C=O) groups excluding carboxylic acids is 1. The van der Waals surface area contributed by atoms with Crippen molar-refractivity contribution in [2.75, 3.05) is 6.54 Å². The van der Waals surface area contributed by atoms with Gasteiger partial charge in [-0.2, -0.15) is 0 Å². The Morgan fingerprint density at radius 3 is 2.20 bits per heavy atom. The van der Waals surface area contributed by atoms with Crippen LogP contribution in [0.1, 0.15) is 48.0 Å². The summed E-state index contributed by atoms with van der Waals surface area (Å²) in [5, 5.41) is 6.20. The van der Waals surface area contributed by atoms with Crippen LogP contribution in [0.3, 0.4) is 0 Å². The molecular weight excluding hydrogens is 188 g/mol. The molecule has 3 nitrogen and oxygen atoms in total. The number of hydrogen-bond acceptors (Lipinski definition) is 2. The molecule has 90 valence electrons. The number of amides is 1. The lowest BCUT2D eigenvalue weighted by molar-refractivity contribution is -0.124. The summed E-state index contributed by atoms with van der Waals surface area (Å²) >= 11 is 0. The monoisotopic (exact) mass is 214 g/mol. The van der Waals surface area contributed by atoms with Crippen molar-refractivity contribution in [3.63, 3.8) is 0 Å². The van der Waals surface area contributed by atoms with E-state index in [9.17, 15) is 4.79 Å². The molecule has 0 bridgehead atoms. The Morgan fingerprint density at radius 2 is 1.80 bits per heavy atom. The number of rotatable bonds is 5.